The molecule has 4 nitrogen and oxygen atoms in total. The van der Waals surface area contributed by atoms with Gasteiger partial charge in [-0.3, -0.25) is 0 Å². The number of hydrogen-bond donors (Lipinski definition) is 1. The Morgan fingerprint density at radius 2 is 1.80 bits per heavy atom. The quantitative estimate of drug-likeness (QED) is 0.448. The molecule has 1 saturated heterocycles. The van der Waals surface area contributed by atoms with Crippen molar-refractivity contribution in [3.8, 4) is 0 Å². The number of hydrogen-bond acceptors (Lipinski definition) is 3. The van der Waals surface area contributed by atoms with Gasteiger partial charge in [-0.15, -0.1) is 0 Å². The van der Waals surface area contributed by atoms with Gasteiger partial charge in [0.25, 0.3) is 0 Å². The highest BCUT2D eigenvalue weighted by atomic mass is 79.9. The average molecular weight is 399 g/mol. The van der Waals surface area contributed by atoms with Crippen molar-refractivity contribution in [2.45, 2.75) is 19.3 Å². The fourth-order valence-corrected chi connectivity index (χ4v) is 3.51. The Balaban J connectivity index is 1.98. The third kappa shape index (κ3) is 4.55. The first-order valence-corrected chi connectivity index (χ1v) is 9.32. The fraction of sp³-hybridized carbons (Fsp3) is 0.300. The Morgan fingerprint density at radius 3 is 2.48 bits per heavy atom. The summed E-state index contributed by atoms with van der Waals surface area (Å²) in [7, 11) is 0. The van der Waals surface area contributed by atoms with Crippen LogP contribution in [0.25, 0.3) is 16.7 Å². The van der Waals surface area contributed by atoms with Gasteiger partial charge in [0.2, 0.25) is 0 Å². The summed E-state index contributed by atoms with van der Waals surface area (Å²) in [6.45, 7) is 2.39. The van der Waals surface area contributed by atoms with Crippen molar-refractivity contribution in [3.63, 3.8) is 0 Å². The molecule has 2 heterocycles. The summed E-state index contributed by atoms with van der Waals surface area (Å²) in [5.41, 5.74) is 2.05. The van der Waals surface area contributed by atoms with Crippen LogP contribution in [0.5, 0.6) is 0 Å². The maximum absolute atomic E-state index is 10.9. The molecule has 1 N–H and O–H groups in total. The van der Waals surface area contributed by atoms with E-state index < -0.39 is 0 Å². The minimum atomic E-state index is 0.0770. The van der Waals surface area contributed by atoms with E-state index in [4.69, 9.17) is 0 Å². The SMILES string of the molecule is [N-]=C(CN1CCCCC1)/C(=C(\O)c1ccccc1)c1ccnc(Br)c1. The topological polar surface area (TPSA) is 58.7 Å². The lowest BCUT2D eigenvalue weighted by Gasteiger charge is -2.31. The molecule has 1 fully saturated rings. The van der Waals surface area contributed by atoms with Gasteiger partial charge in [-0.2, -0.15) is 5.71 Å². The number of aromatic nitrogens is 1. The molecule has 0 saturated carbocycles. The molecular formula is C20H21BrN3O-. The Hall–Kier alpha value is -1.98. The smallest absolute Gasteiger partial charge is 0.129 e. The molecule has 25 heavy (non-hydrogen) atoms. The molecule has 130 valence electrons. The summed E-state index contributed by atoms with van der Waals surface area (Å²) in [5.74, 6) is 0.0770. The molecule has 1 aliphatic heterocycles. The van der Waals surface area contributed by atoms with Crippen LogP contribution in [0.4, 0.5) is 0 Å². The number of aliphatic hydroxyl groups excluding tert-OH is 1. The van der Waals surface area contributed by atoms with Gasteiger partial charge in [0.15, 0.2) is 0 Å². The number of likely N-dealkylation sites (tertiary alicyclic amines) is 1. The lowest BCUT2D eigenvalue weighted by molar-refractivity contribution is 0.259. The number of halogens is 1. The van der Waals surface area contributed by atoms with E-state index in [1.807, 2.05) is 30.3 Å². The summed E-state index contributed by atoms with van der Waals surface area (Å²) in [4.78, 5) is 6.37. The molecular weight excluding hydrogens is 378 g/mol. The van der Waals surface area contributed by atoms with Crippen LogP contribution < -0.4 is 0 Å². The van der Waals surface area contributed by atoms with Gasteiger partial charge in [-0.25, -0.2) is 4.98 Å². The van der Waals surface area contributed by atoms with Gasteiger partial charge in [0, 0.05) is 23.9 Å². The molecule has 1 aliphatic rings. The lowest BCUT2D eigenvalue weighted by Crippen LogP contribution is -2.34. The van der Waals surface area contributed by atoms with Gasteiger partial charge in [-0.05, 0) is 59.6 Å². The Kier molecular flexibility index (Phi) is 6.00. The highest BCUT2D eigenvalue weighted by Gasteiger charge is 2.15. The predicted molar refractivity (Wildman–Crippen MR) is 106 cm³/mol. The maximum atomic E-state index is 10.9. The minimum absolute atomic E-state index is 0.0770. The van der Waals surface area contributed by atoms with Crippen LogP contribution in [-0.4, -0.2) is 40.3 Å². The number of benzene rings is 1. The maximum Gasteiger partial charge on any atom is 0.129 e. The second-order valence-corrected chi connectivity index (χ2v) is 7.05. The Bertz CT molecular complexity index is 768. The van der Waals surface area contributed by atoms with E-state index in [0.717, 1.165) is 31.5 Å². The number of rotatable bonds is 5. The largest absolute Gasteiger partial charge is 0.806 e. The molecule has 5 heteroatoms. The van der Waals surface area contributed by atoms with E-state index in [1.54, 1.807) is 18.3 Å². The lowest BCUT2D eigenvalue weighted by atomic mass is 9.96. The van der Waals surface area contributed by atoms with Crippen molar-refractivity contribution in [1.29, 1.82) is 0 Å². The number of piperidine rings is 1. The van der Waals surface area contributed by atoms with E-state index in [2.05, 4.69) is 25.8 Å². The van der Waals surface area contributed by atoms with Gasteiger partial charge >= 0.3 is 0 Å². The first-order valence-electron chi connectivity index (χ1n) is 8.53. The standard InChI is InChI=1S/C20H21BrN3O/c21-18-13-16(9-10-23-18)19(20(25)15-7-3-1-4-8-15)17(22)14-24-11-5-2-6-12-24/h1,3-4,7-10,13,25H,2,5-6,11-12,14H2/q-1/b20-19-. The van der Waals surface area contributed by atoms with Crippen molar-refractivity contribution in [2.24, 2.45) is 0 Å². The normalized spacial score (nSPS) is 16.4. The van der Waals surface area contributed by atoms with Gasteiger partial charge in [-0.1, -0.05) is 36.8 Å². The van der Waals surface area contributed by atoms with Crippen molar-refractivity contribution >= 4 is 33.0 Å². The number of aliphatic hydroxyl groups is 1. The zero-order valence-electron chi connectivity index (χ0n) is 14.0. The summed E-state index contributed by atoms with van der Waals surface area (Å²) in [5, 5.41) is 21.7. The summed E-state index contributed by atoms with van der Waals surface area (Å²) in [6.07, 6.45) is 5.20. The van der Waals surface area contributed by atoms with E-state index in [0.29, 0.717) is 22.3 Å². The molecule has 0 amide bonds. The Morgan fingerprint density at radius 1 is 1.08 bits per heavy atom. The third-order valence-corrected chi connectivity index (χ3v) is 4.84. The molecule has 0 atom stereocenters. The van der Waals surface area contributed by atoms with Crippen molar-refractivity contribution < 1.29 is 5.11 Å². The first kappa shape index (κ1) is 17.8. The summed E-state index contributed by atoms with van der Waals surface area (Å²) in [6, 6.07) is 12.9. The van der Waals surface area contributed by atoms with Crippen LogP contribution in [0, 0.1) is 0 Å². The van der Waals surface area contributed by atoms with Crippen molar-refractivity contribution in [1.82, 2.24) is 9.88 Å². The van der Waals surface area contributed by atoms with Crippen molar-refractivity contribution in [3.05, 3.63) is 69.8 Å². The predicted octanol–water partition coefficient (Wildman–Crippen LogP) is 4.77. The van der Waals surface area contributed by atoms with Crippen LogP contribution in [-0.2, 0) is 0 Å². The van der Waals surface area contributed by atoms with E-state index in [1.165, 1.54) is 6.42 Å². The van der Waals surface area contributed by atoms with E-state index in [-0.39, 0.29) is 11.5 Å². The van der Waals surface area contributed by atoms with Crippen molar-refractivity contribution in [2.75, 3.05) is 19.6 Å². The zero-order valence-corrected chi connectivity index (χ0v) is 15.6. The molecule has 2 aromatic rings. The van der Waals surface area contributed by atoms with E-state index in [9.17, 15) is 10.5 Å². The first-order chi connectivity index (χ1) is 12.1. The minimum Gasteiger partial charge on any atom is -0.806 e. The molecule has 0 spiro atoms. The average Bonchev–Trinajstić information content (AvgIpc) is 2.63. The molecule has 3 rings (SSSR count). The molecule has 0 aliphatic carbocycles. The molecule has 1 aromatic carbocycles. The number of pyridine rings is 1. The van der Waals surface area contributed by atoms with Crippen LogP contribution >= 0.6 is 15.9 Å². The van der Waals surface area contributed by atoms with Gasteiger partial charge in [0.1, 0.15) is 10.4 Å². The van der Waals surface area contributed by atoms with Crippen LogP contribution in [0.2, 0.25) is 0 Å². The molecule has 0 bridgehead atoms. The zero-order chi connectivity index (χ0) is 17.6. The molecule has 0 unspecified atom stereocenters. The molecule has 0 radical (unpaired) electrons. The summed E-state index contributed by atoms with van der Waals surface area (Å²) < 4.78 is 0.661. The number of nitrogens with zero attached hydrogens (tertiary/aromatic N) is 3. The second kappa shape index (κ2) is 8.41. The van der Waals surface area contributed by atoms with Gasteiger partial charge < -0.3 is 15.4 Å². The monoisotopic (exact) mass is 398 g/mol. The van der Waals surface area contributed by atoms with Crippen LogP contribution in [0.15, 0.2) is 53.3 Å². The van der Waals surface area contributed by atoms with E-state index >= 15 is 0 Å². The van der Waals surface area contributed by atoms with Crippen LogP contribution in [0.3, 0.4) is 0 Å². The third-order valence-electron chi connectivity index (χ3n) is 4.41. The fourth-order valence-electron chi connectivity index (χ4n) is 3.15. The Labute approximate surface area is 156 Å². The highest BCUT2D eigenvalue weighted by molar-refractivity contribution is 9.10. The summed E-state index contributed by atoms with van der Waals surface area (Å²) >= 11 is 3.37. The second-order valence-electron chi connectivity index (χ2n) is 6.24. The van der Waals surface area contributed by atoms with Crippen LogP contribution in [0.1, 0.15) is 30.4 Å². The molecule has 1 aromatic heterocycles. The highest BCUT2D eigenvalue weighted by Crippen LogP contribution is 2.27. The van der Waals surface area contributed by atoms with Gasteiger partial charge in [0.05, 0.1) is 0 Å².